The summed E-state index contributed by atoms with van der Waals surface area (Å²) in [6.45, 7) is 5.37. The maximum atomic E-state index is 12.2. The van der Waals surface area contributed by atoms with Crippen LogP contribution in [-0.2, 0) is 9.59 Å². The van der Waals surface area contributed by atoms with E-state index in [0.29, 0.717) is 16.6 Å². The fourth-order valence-corrected chi connectivity index (χ4v) is 3.00. The number of amides is 2. The van der Waals surface area contributed by atoms with Gasteiger partial charge in [-0.15, -0.1) is 10.2 Å². The van der Waals surface area contributed by atoms with Crippen LogP contribution in [0.1, 0.15) is 39.5 Å². The van der Waals surface area contributed by atoms with Crippen molar-refractivity contribution in [1.82, 2.24) is 15.1 Å². The van der Waals surface area contributed by atoms with E-state index in [9.17, 15) is 9.59 Å². The van der Waals surface area contributed by atoms with Gasteiger partial charge in [0.15, 0.2) is 5.82 Å². The van der Waals surface area contributed by atoms with E-state index >= 15 is 0 Å². The van der Waals surface area contributed by atoms with Gasteiger partial charge in [-0.05, 0) is 25.0 Å². The summed E-state index contributed by atoms with van der Waals surface area (Å²) in [4.78, 5) is 25.7. The highest BCUT2D eigenvalue weighted by atomic mass is 32.2. The monoisotopic (exact) mass is 336 g/mol. The van der Waals surface area contributed by atoms with Gasteiger partial charge in [-0.2, -0.15) is 0 Å². The largest absolute Gasteiger partial charge is 0.342 e. The van der Waals surface area contributed by atoms with E-state index in [4.69, 9.17) is 0 Å². The topological polar surface area (TPSA) is 75.2 Å². The number of anilines is 1. The summed E-state index contributed by atoms with van der Waals surface area (Å²) in [5.74, 6) is 0.794. The highest BCUT2D eigenvalue weighted by Gasteiger charge is 2.16. The lowest BCUT2D eigenvalue weighted by atomic mass is 10.2. The van der Waals surface area contributed by atoms with E-state index < -0.39 is 0 Å². The average molecular weight is 336 g/mol. The van der Waals surface area contributed by atoms with E-state index in [0.717, 1.165) is 25.9 Å². The molecule has 0 radical (unpaired) electrons. The predicted molar refractivity (Wildman–Crippen MR) is 91.3 cm³/mol. The van der Waals surface area contributed by atoms with Crippen LogP contribution in [0.5, 0.6) is 0 Å². The third kappa shape index (κ3) is 5.82. The van der Waals surface area contributed by atoms with Gasteiger partial charge >= 0.3 is 0 Å². The zero-order valence-electron chi connectivity index (χ0n) is 13.7. The fraction of sp³-hybridized carbons (Fsp3) is 0.625. The quantitative estimate of drug-likeness (QED) is 0.837. The molecule has 1 N–H and O–H groups in total. The van der Waals surface area contributed by atoms with Crippen LogP contribution >= 0.6 is 11.8 Å². The Kier molecular flexibility index (Phi) is 6.83. The number of carbonyl (C=O) groups excluding carboxylic acids is 2. The Morgan fingerprint density at radius 2 is 1.87 bits per heavy atom. The van der Waals surface area contributed by atoms with Crippen molar-refractivity contribution in [3.63, 3.8) is 0 Å². The Morgan fingerprint density at radius 1 is 1.17 bits per heavy atom. The molecule has 126 valence electrons. The molecular formula is C16H24N4O2S. The number of aromatic nitrogens is 2. The number of nitrogens with one attached hydrogen (secondary N) is 1. The Hall–Kier alpha value is -1.63. The standard InChI is InChI=1S/C16H24N4O2S/c1-12(2)16(22)17-13-7-8-14(19-18-13)23-11-15(21)20-9-5-3-4-6-10-20/h7-8,12H,3-6,9-11H2,1-2H3,(H,17,18,22). The second-order valence-electron chi connectivity index (χ2n) is 5.98. The minimum Gasteiger partial charge on any atom is -0.342 e. The molecular weight excluding hydrogens is 312 g/mol. The van der Waals surface area contributed by atoms with Gasteiger partial charge in [-0.25, -0.2) is 0 Å². The smallest absolute Gasteiger partial charge is 0.232 e. The van der Waals surface area contributed by atoms with E-state index in [2.05, 4.69) is 15.5 Å². The maximum absolute atomic E-state index is 12.2. The Morgan fingerprint density at radius 3 is 2.43 bits per heavy atom. The Labute approximate surface area is 141 Å². The van der Waals surface area contributed by atoms with Gasteiger partial charge in [-0.1, -0.05) is 38.5 Å². The molecule has 0 aromatic carbocycles. The molecule has 1 fully saturated rings. The second-order valence-corrected chi connectivity index (χ2v) is 6.98. The molecule has 1 aromatic rings. The van der Waals surface area contributed by atoms with Crippen LogP contribution in [0.2, 0.25) is 0 Å². The zero-order chi connectivity index (χ0) is 16.7. The molecule has 2 heterocycles. The van der Waals surface area contributed by atoms with E-state index in [1.807, 2.05) is 18.7 Å². The number of carbonyl (C=O) groups is 2. The van der Waals surface area contributed by atoms with Crippen LogP contribution in [0.3, 0.4) is 0 Å². The van der Waals surface area contributed by atoms with Crippen molar-refractivity contribution < 1.29 is 9.59 Å². The fourth-order valence-electron chi connectivity index (χ4n) is 2.28. The molecule has 0 saturated carbocycles. The van der Waals surface area contributed by atoms with Crippen molar-refractivity contribution in [3.8, 4) is 0 Å². The van der Waals surface area contributed by atoms with Crippen LogP contribution in [0.15, 0.2) is 17.2 Å². The summed E-state index contributed by atoms with van der Waals surface area (Å²) in [5, 5.41) is 11.4. The van der Waals surface area contributed by atoms with Crippen molar-refractivity contribution in [2.75, 3.05) is 24.2 Å². The molecule has 1 aliphatic heterocycles. The molecule has 1 aromatic heterocycles. The Balaban J connectivity index is 1.81. The molecule has 23 heavy (non-hydrogen) atoms. The van der Waals surface area contributed by atoms with Crippen LogP contribution in [0.25, 0.3) is 0 Å². The first kappa shape index (κ1) is 17.7. The molecule has 0 unspecified atom stereocenters. The van der Waals surface area contributed by atoms with Crippen molar-refractivity contribution >= 4 is 29.4 Å². The molecule has 2 amide bonds. The van der Waals surface area contributed by atoms with Crippen molar-refractivity contribution in [2.24, 2.45) is 5.92 Å². The van der Waals surface area contributed by atoms with E-state index in [1.165, 1.54) is 24.6 Å². The van der Waals surface area contributed by atoms with Crippen molar-refractivity contribution in [3.05, 3.63) is 12.1 Å². The third-order valence-corrected chi connectivity index (χ3v) is 4.62. The maximum Gasteiger partial charge on any atom is 0.232 e. The third-order valence-electron chi connectivity index (χ3n) is 3.72. The average Bonchev–Trinajstić information content (AvgIpc) is 2.83. The number of rotatable bonds is 5. The van der Waals surface area contributed by atoms with Gasteiger partial charge in [0.05, 0.1) is 5.75 Å². The molecule has 0 atom stereocenters. The van der Waals surface area contributed by atoms with Gasteiger partial charge in [-0.3, -0.25) is 9.59 Å². The number of hydrogen-bond acceptors (Lipinski definition) is 5. The lowest BCUT2D eigenvalue weighted by molar-refractivity contribution is -0.128. The molecule has 7 heteroatoms. The van der Waals surface area contributed by atoms with Gasteiger partial charge in [0.25, 0.3) is 0 Å². The summed E-state index contributed by atoms with van der Waals surface area (Å²) in [6.07, 6.45) is 4.62. The van der Waals surface area contributed by atoms with Gasteiger partial charge in [0.2, 0.25) is 11.8 Å². The molecule has 6 nitrogen and oxygen atoms in total. The summed E-state index contributed by atoms with van der Waals surface area (Å²) < 4.78 is 0. The number of hydrogen-bond donors (Lipinski definition) is 1. The van der Waals surface area contributed by atoms with Crippen molar-refractivity contribution in [2.45, 2.75) is 44.6 Å². The Bertz CT molecular complexity index is 525. The number of nitrogens with zero attached hydrogens (tertiary/aromatic N) is 3. The first-order valence-electron chi connectivity index (χ1n) is 8.11. The van der Waals surface area contributed by atoms with Crippen LogP contribution in [-0.4, -0.2) is 45.8 Å². The molecule has 0 spiro atoms. The van der Waals surface area contributed by atoms with Crippen LogP contribution in [0.4, 0.5) is 5.82 Å². The van der Waals surface area contributed by atoms with Gasteiger partial charge in [0, 0.05) is 19.0 Å². The first-order valence-corrected chi connectivity index (χ1v) is 9.10. The van der Waals surface area contributed by atoms with E-state index in [-0.39, 0.29) is 17.7 Å². The molecule has 0 bridgehead atoms. The molecule has 1 aliphatic rings. The van der Waals surface area contributed by atoms with Crippen LogP contribution in [0, 0.1) is 5.92 Å². The predicted octanol–water partition coefficient (Wildman–Crippen LogP) is 2.57. The summed E-state index contributed by atoms with van der Waals surface area (Å²) in [6, 6.07) is 3.50. The summed E-state index contributed by atoms with van der Waals surface area (Å²) >= 11 is 1.39. The number of likely N-dealkylation sites (tertiary alicyclic amines) is 1. The first-order chi connectivity index (χ1) is 11.1. The van der Waals surface area contributed by atoms with Crippen molar-refractivity contribution in [1.29, 1.82) is 0 Å². The number of thioether (sulfide) groups is 1. The lowest BCUT2D eigenvalue weighted by Gasteiger charge is -2.19. The van der Waals surface area contributed by atoms with Gasteiger partial charge < -0.3 is 10.2 Å². The zero-order valence-corrected chi connectivity index (χ0v) is 14.6. The minimum atomic E-state index is -0.0999. The van der Waals surface area contributed by atoms with Crippen LogP contribution < -0.4 is 5.32 Å². The lowest BCUT2D eigenvalue weighted by Crippen LogP contribution is -2.33. The minimum absolute atomic E-state index is 0.0870. The normalized spacial score (nSPS) is 15.3. The second kappa shape index (κ2) is 8.86. The highest BCUT2D eigenvalue weighted by Crippen LogP contribution is 2.18. The molecule has 2 rings (SSSR count). The summed E-state index contributed by atoms with van der Waals surface area (Å²) in [5.41, 5.74) is 0. The van der Waals surface area contributed by atoms with E-state index in [1.54, 1.807) is 12.1 Å². The molecule has 0 aliphatic carbocycles. The summed E-state index contributed by atoms with van der Waals surface area (Å²) in [7, 11) is 0. The van der Waals surface area contributed by atoms with Gasteiger partial charge in [0.1, 0.15) is 5.03 Å². The molecule has 1 saturated heterocycles. The SMILES string of the molecule is CC(C)C(=O)Nc1ccc(SCC(=O)N2CCCCCC2)nn1. The highest BCUT2D eigenvalue weighted by molar-refractivity contribution is 7.99.